The number of aryl methyl sites for hydroxylation is 1. The summed E-state index contributed by atoms with van der Waals surface area (Å²) in [5, 5.41) is 12.2. The van der Waals surface area contributed by atoms with E-state index < -0.39 is 6.04 Å². The lowest BCUT2D eigenvalue weighted by molar-refractivity contribution is -0.124. The highest BCUT2D eigenvalue weighted by atomic mass is 35.5. The molecule has 20 heavy (non-hydrogen) atoms. The molecular weight excluding hydrogens is 301 g/mol. The van der Waals surface area contributed by atoms with Crippen LogP contribution in [-0.4, -0.2) is 32.0 Å². The van der Waals surface area contributed by atoms with Crippen molar-refractivity contribution in [2.45, 2.75) is 26.4 Å². The number of amides is 1. The number of hydrogen-bond donors (Lipinski definition) is 1. The van der Waals surface area contributed by atoms with Gasteiger partial charge in [-0.15, -0.1) is 0 Å². The topological polar surface area (TPSA) is 64.7 Å². The van der Waals surface area contributed by atoms with Gasteiger partial charge in [0.2, 0.25) is 5.91 Å². The molecule has 108 valence electrons. The van der Waals surface area contributed by atoms with Crippen LogP contribution in [0.2, 0.25) is 10.0 Å². The van der Waals surface area contributed by atoms with Crippen LogP contribution in [-0.2, 0) is 11.3 Å². The monoisotopic (exact) mass is 315 g/mol. The van der Waals surface area contributed by atoms with Crippen LogP contribution in [0, 0.1) is 6.92 Å². The average Bonchev–Trinajstić information content (AvgIpc) is 2.96. The van der Waals surface area contributed by atoms with E-state index in [1.165, 1.54) is 0 Å². The number of carbonyl (C=O) groups excluding carboxylic acids is 1. The van der Waals surface area contributed by atoms with Gasteiger partial charge < -0.3 is 5.32 Å². The molecule has 0 fully saturated rings. The van der Waals surface area contributed by atoms with Gasteiger partial charge in [-0.3, -0.25) is 14.2 Å². The largest absolute Gasteiger partial charge is 0.352 e. The molecule has 2 rings (SSSR count). The summed E-state index contributed by atoms with van der Waals surface area (Å²) in [6.07, 6.45) is 4.91. The molecule has 0 aromatic carbocycles. The van der Waals surface area contributed by atoms with E-state index in [-0.39, 0.29) is 5.91 Å². The molecule has 0 aliphatic heterocycles. The van der Waals surface area contributed by atoms with E-state index in [0.717, 1.165) is 0 Å². The van der Waals surface area contributed by atoms with Gasteiger partial charge in [-0.05, 0) is 13.8 Å². The molecule has 1 N–H and O–H groups in total. The molecule has 0 aliphatic rings. The minimum Gasteiger partial charge on any atom is -0.352 e. The molecule has 0 saturated carbocycles. The van der Waals surface area contributed by atoms with Crippen molar-refractivity contribution in [1.29, 1.82) is 0 Å². The first-order valence-corrected chi connectivity index (χ1v) is 6.90. The molecule has 2 heterocycles. The van der Waals surface area contributed by atoms with Gasteiger partial charge in [-0.1, -0.05) is 23.2 Å². The molecule has 0 spiro atoms. The van der Waals surface area contributed by atoms with Crippen molar-refractivity contribution in [2.24, 2.45) is 0 Å². The Bertz CT molecular complexity index is 587. The van der Waals surface area contributed by atoms with Crippen LogP contribution in [0.4, 0.5) is 0 Å². The molecule has 0 saturated heterocycles. The highest BCUT2D eigenvalue weighted by Gasteiger charge is 2.16. The zero-order chi connectivity index (χ0) is 14.7. The first-order chi connectivity index (χ1) is 9.47. The van der Waals surface area contributed by atoms with E-state index in [1.807, 2.05) is 0 Å². The number of carbonyl (C=O) groups is 1. The van der Waals surface area contributed by atoms with E-state index >= 15 is 0 Å². The fourth-order valence-electron chi connectivity index (χ4n) is 1.68. The summed E-state index contributed by atoms with van der Waals surface area (Å²) in [6.45, 7) is 4.59. The highest BCUT2D eigenvalue weighted by molar-refractivity contribution is 6.31. The second-order valence-corrected chi connectivity index (χ2v) is 5.27. The first kappa shape index (κ1) is 14.9. The van der Waals surface area contributed by atoms with Crippen molar-refractivity contribution in [3.8, 4) is 0 Å². The number of halogens is 2. The van der Waals surface area contributed by atoms with Gasteiger partial charge in [0.25, 0.3) is 0 Å². The molecule has 8 heteroatoms. The first-order valence-electron chi connectivity index (χ1n) is 6.14. The lowest BCUT2D eigenvalue weighted by Gasteiger charge is -2.12. The predicted molar refractivity (Wildman–Crippen MR) is 76.9 cm³/mol. The summed E-state index contributed by atoms with van der Waals surface area (Å²) in [5.74, 6) is -0.123. The van der Waals surface area contributed by atoms with Crippen molar-refractivity contribution in [1.82, 2.24) is 24.9 Å². The Labute approximate surface area is 126 Å². The van der Waals surface area contributed by atoms with E-state index in [9.17, 15) is 4.79 Å². The highest BCUT2D eigenvalue weighted by Crippen LogP contribution is 2.15. The summed E-state index contributed by atoms with van der Waals surface area (Å²) >= 11 is 11.7. The standard InChI is InChI=1S/C12H15Cl2N5O/c1-8-11(14)7-19(17-8)9(2)12(20)15-3-4-18-6-10(13)5-16-18/h5-7,9H,3-4H2,1-2H3,(H,15,20). The van der Waals surface area contributed by atoms with E-state index in [0.29, 0.717) is 28.8 Å². The number of nitrogens with zero attached hydrogens (tertiary/aromatic N) is 4. The van der Waals surface area contributed by atoms with Crippen molar-refractivity contribution >= 4 is 29.1 Å². The number of hydrogen-bond acceptors (Lipinski definition) is 3. The van der Waals surface area contributed by atoms with Crippen molar-refractivity contribution in [3.63, 3.8) is 0 Å². The second-order valence-electron chi connectivity index (χ2n) is 4.43. The maximum absolute atomic E-state index is 12.0. The van der Waals surface area contributed by atoms with Crippen molar-refractivity contribution < 1.29 is 4.79 Å². The fraction of sp³-hybridized carbons (Fsp3) is 0.417. The molecule has 0 bridgehead atoms. The smallest absolute Gasteiger partial charge is 0.244 e. The fourth-order valence-corrected chi connectivity index (χ4v) is 1.97. The molecule has 0 aliphatic carbocycles. The molecule has 1 amide bonds. The maximum Gasteiger partial charge on any atom is 0.244 e. The summed E-state index contributed by atoms with van der Waals surface area (Å²) < 4.78 is 3.22. The Balaban J connectivity index is 1.85. The normalized spacial score (nSPS) is 12.4. The van der Waals surface area contributed by atoms with E-state index in [4.69, 9.17) is 23.2 Å². The second kappa shape index (κ2) is 6.28. The third-order valence-electron chi connectivity index (χ3n) is 2.87. The number of aromatic nitrogens is 4. The molecule has 0 radical (unpaired) electrons. The van der Waals surface area contributed by atoms with Crippen LogP contribution < -0.4 is 5.32 Å². The minimum atomic E-state index is -0.414. The van der Waals surface area contributed by atoms with Gasteiger partial charge in [0.1, 0.15) is 6.04 Å². The molecule has 6 nitrogen and oxygen atoms in total. The Morgan fingerprint density at radius 1 is 1.45 bits per heavy atom. The van der Waals surface area contributed by atoms with Crippen LogP contribution in [0.15, 0.2) is 18.6 Å². The van der Waals surface area contributed by atoms with Crippen LogP contribution in [0.25, 0.3) is 0 Å². The lowest BCUT2D eigenvalue weighted by atomic mass is 10.3. The zero-order valence-electron chi connectivity index (χ0n) is 11.2. The molecule has 2 aromatic rings. The average molecular weight is 316 g/mol. The minimum absolute atomic E-state index is 0.123. The Morgan fingerprint density at radius 3 is 2.75 bits per heavy atom. The third kappa shape index (κ3) is 3.52. The van der Waals surface area contributed by atoms with Crippen LogP contribution in [0.5, 0.6) is 0 Å². The van der Waals surface area contributed by atoms with Gasteiger partial charge >= 0.3 is 0 Å². The summed E-state index contributed by atoms with van der Waals surface area (Å²) in [6, 6.07) is -0.414. The van der Waals surface area contributed by atoms with Gasteiger partial charge in [0, 0.05) is 18.9 Å². The molecule has 1 atom stereocenters. The van der Waals surface area contributed by atoms with E-state index in [1.54, 1.807) is 41.8 Å². The van der Waals surface area contributed by atoms with Crippen molar-refractivity contribution in [3.05, 3.63) is 34.3 Å². The Hall–Kier alpha value is -1.53. The molecular formula is C12H15Cl2N5O. The number of nitrogens with one attached hydrogen (secondary N) is 1. The summed E-state index contributed by atoms with van der Waals surface area (Å²) in [4.78, 5) is 12.0. The number of rotatable bonds is 5. The van der Waals surface area contributed by atoms with Gasteiger partial charge in [-0.2, -0.15) is 10.2 Å². The lowest BCUT2D eigenvalue weighted by Crippen LogP contribution is -2.33. The summed E-state index contributed by atoms with van der Waals surface area (Å²) in [5.41, 5.74) is 0.706. The van der Waals surface area contributed by atoms with Crippen molar-refractivity contribution in [2.75, 3.05) is 6.54 Å². The van der Waals surface area contributed by atoms with Crippen LogP contribution in [0.3, 0.4) is 0 Å². The third-order valence-corrected chi connectivity index (χ3v) is 3.44. The van der Waals surface area contributed by atoms with Gasteiger partial charge in [0.15, 0.2) is 0 Å². The zero-order valence-corrected chi connectivity index (χ0v) is 12.7. The van der Waals surface area contributed by atoms with Gasteiger partial charge in [-0.25, -0.2) is 0 Å². The predicted octanol–water partition coefficient (Wildman–Crippen LogP) is 2.07. The Morgan fingerprint density at radius 2 is 2.20 bits per heavy atom. The summed E-state index contributed by atoms with van der Waals surface area (Å²) in [7, 11) is 0. The van der Waals surface area contributed by atoms with E-state index in [2.05, 4.69) is 15.5 Å². The Kier molecular flexibility index (Phi) is 4.67. The SMILES string of the molecule is Cc1nn(C(C)C(=O)NCCn2cc(Cl)cn2)cc1Cl. The van der Waals surface area contributed by atoms with Gasteiger partial charge in [0.05, 0.1) is 28.5 Å². The maximum atomic E-state index is 12.0. The molecule has 2 aromatic heterocycles. The van der Waals surface area contributed by atoms with Crippen LogP contribution in [0.1, 0.15) is 18.7 Å². The van der Waals surface area contributed by atoms with Crippen LogP contribution >= 0.6 is 23.2 Å². The quantitative estimate of drug-likeness (QED) is 0.918. The molecule has 1 unspecified atom stereocenters.